The lowest BCUT2D eigenvalue weighted by molar-refractivity contribution is -0.0474. The summed E-state index contributed by atoms with van der Waals surface area (Å²) >= 11 is 0. The van der Waals surface area contributed by atoms with Crippen LogP contribution in [-0.2, 0) is 13.0 Å². The highest BCUT2D eigenvalue weighted by Crippen LogP contribution is 2.55. The van der Waals surface area contributed by atoms with Crippen LogP contribution in [-0.4, -0.2) is 34.5 Å². The molecule has 0 unspecified atom stereocenters. The molecule has 4 saturated carbocycles. The monoisotopic (exact) mass is 322 g/mol. The van der Waals surface area contributed by atoms with Crippen molar-refractivity contribution < 1.29 is 4.79 Å². The Morgan fingerprint density at radius 2 is 1.50 bits per heavy atom. The van der Waals surface area contributed by atoms with Gasteiger partial charge in [0.2, 0.25) is 0 Å². The molecular weight excluding hydrogens is 296 g/mol. The van der Waals surface area contributed by atoms with Crippen molar-refractivity contribution in [1.82, 2.24) is 9.80 Å². The first kappa shape index (κ1) is 13.7. The van der Waals surface area contributed by atoms with Crippen LogP contribution in [0.25, 0.3) is 0 Å². The van der Waals surface area contributed by atoms with E-state index in [0.29, 0.717) is 18.1 Å². The highest BCUT2D eigenvalue weighted by atomic mass is 16.2. The molecule has 2 amide bonds. The van der Waals surface area contributed by atoms with E-state index >= 15 is 0 Å². The van der Waals surface area contributed by atoms with Crippen LogP contribution in [0, 0.1) is 23.7 Å². The average molecular weight is 322 g/mol. The molecule has 3 heteroatoms. The quantitative estimate of drug-likeness (QED) is 0.774. The molecule has 3 nitrogen and oxygen atoms in total. The predicted octanol–water partition coefficient (Wildman–Crippen LogP) is 3.67. The van der Waals surface area contributed by atoms with Crippen molar-refractivity contribution in [2.24, 2.45) is 23.7 Å². The van der Waals surface area contributed by atoms with Gasteiger partial charge < -0.3 is 9.80 Å². The van der Waals surface area contributed by atoms with Crippen molar-refractivity contribution in [3.63, 3.8) is 0 Å². The summed E-state index contributed by atoms with van der Waals surface area (Å²) in [6, 6.07) is 10.00. The summed E-state index contributed by atoms with van der Waals surface area (Å²) in [5.74, 6) is 3.56. The van der Waals surface area contributed by atoms with Gasteiger partial charge in [-0.2, -0.15) is 0 Å². The summed E-state index contributed by atoms with van der Waals surface area (Å²) in [4.78, 5) is 17.7. The summed E-state index contributed by atoms with van der Waals surface area (Å²) < 4.78 is 0. The van der Waals surface area contributed by atoms with Gasteiger partial charge in [0, 0.05) is 19.1 Å². The molecule has 0 aromatic heterocycles. The third-order valence-corrected chi connectivity index (χ3v) is 7.79. The zero-order chi connectivity index (χ0) is 15.8. The molecule has 7 rings (SSSR count). The molecule has 2 aliphatic heterocycles. The van der Waals surface area contributed by atoms with Gasteiger partial charge in [-0.05, 0) is 73.3 Å². The summed E-state index contributed by atoms with van der Waals surface area (Å²) in [5, 5.41) is 0. The Morgan fingerprint density at radius 3 is 2.21 bits per heavy atom. The molecule has 2 heterocycles. The predicted molar refractivity (Wildman–Crippen MR) is 92.4 cm³/mol. The number of nitrogens with zero attached hydrogens (tertiary/aromatic N) is 2. The molecule has 6 aliphatic rings. The minimum atomic E-state index is 0.340. The van der Waals surface area contributed by atoms with Crippen molar-refractivity contribution in [1.29, 1.82) is 0 Å². The third-order valence-electron chi connectivity index (χ3n) is 7.79. The van der Waals surface area contributed by atoms with Crippen LogP contribution in [0.2, 0.25) is 0 Å². The van der Waals surface area contributed by atoms with E-state index < -0.39 is 0 Å². The van der Waals surface area contributed by atoms with Crippen molar-refractivity contribution in [3.8, 4) is 0 Å². The largest absolute Gasteiger partial charge is 0.320 e. The maximum Gasteiger partial charge on any atom is 0.320 e. The molecule has 126 valence electrons. The Hall–Kier alpha value is -1.51. The van der Waals surface area contributed by atoms with Crippen molar-refractivity contribution in [2.75, 3.05) is 6.54 Å². The van der Waals surface area contributed by atoms with Crippen LogP contribution in [0.4, 0.5) is 4.79 Å². The van der Waals surface area contributed by atoms with E-state index in [-0.39, 0.29) is 0 Å². The normalized spacial score (nSPS) is 42.4. The number of rotatable bonds is 1. The van der Waals surface area contributed by atoms with Gasteiger partial charge in [0.05, 0.1) is 6.04 Å². The maximum atomic E-state index is 13.2. The molecule has 1 aromatic rings. The van der Waals surface area contributed by atoms with E-state index in [2.05, 4.69) is 34.1 Å². The van der Waals surface area contributed by atoms with Crippen LogP contribution in [0.1, 0.15) is 43.2 Å². The van der Waals surface area contributed by atoms with E-state index in [4.69, 9.17) is 0 Å². The number of benzene rings is 1. The number of hydrogen-bond donors (Lipinski definition) is 0. The van der Waals surface area contributed by atoms with E-state index in [1.807, 2.05) is 0 Å². The fraction of sp³-hybridized carbons (Fsp3) is 0.667. The van der Waals surface area contributed by atoms with E-state index in [9.17, 15) is 4.79 Å². The number of carbonyl (C=O) groups excluding carboxylic acids is 1. The second kappa shape index (κ2) is 4.77. The van der Waals surface area contributed by atoms with Gasteiger partial charge >= 0.3 is 6.03 Å². The van der Waals surface area contributed by atoms with Gasteiger partial charge in [-0.3, -0.25) is 0 Å². The minimum Gasteiger partial charge on any atom is -0.319 e. The van der Waals surface area contributed by atoms with Gasteiger partial charge in [-0.25, -0.2) is 4.79 Å². The highest BCUT2D eigenvalue weighted by molar-refractivity contribution is 5.78. The van der Waals surface area contributed by atoms with Crippen molar-refractivity contribution in [2.45, 2.75) is 57.2 Å². The van der Waals surface area contributed by atoms with Gasteiger partial charge in [-0.15, -0.1) is 0 Å². The van der Waals surface area contributed by atoms with Crippen molar-refractivity contribution >= 4 is 6.03 Å². The molecule has 0 radical (unpaired) electrons. The lowest BCUT2D eigenvalue weighted by Gasteiger charge is -2.56. The smallest absolute Gasteiger partial charge is 0.319 e. The number of fused-ring (bicyclic) bond motifs is 2. The minimum absolute atomic E-state index is 0.340. The summed E-state index contributed by atoms with van der Waals surface area (Å²) in [6.45, 7) is 1.80. The van der Waals surface area contributed by atoms with Crippen LogP contribution in [0.3, 0.4) is 0 Å². The first-order chi connectivity index (χ1) is 11.8. The molecule has 0 N–H and O–H groups in total. The van der Waals surface area contributed by atoms with Crippen LogP contribution >= 0.6 is 0 Å². The molecule has 4 bridgehead atoms. The Bertz CT molecular complexity index is 671. The molecule has 1 atom stereocenters. The molecule has 4 aliphatic carbocycles. The molecule has 0 spiro atoms. The SMILES string of the molecule is O=C1N(C2C3CC4CC(C3)CC2C4)C[C@@H]2Cc3ccccc3CN12. The van der Waals surface area contributed by atoms with E-state index in [0.717, 1.165) is 43.2 Å². The van der Waals surface area contributed by atoms with Gasteiger partial charge in [0.1, 0.15) is 0 Å². The molecule has 1 aromatic carbocycles. The number of carbonyl (C=O) groups is 1. The Morgan fingerprint density at radius 1 is 0.833 bits per heavy atom. The fourth-order valence-electron chi connectivity index (χ4n) is 7.10. The Labute approximate surface area is 144 Å². The van der Waals surface area contributed by atoms with Gasteiger partial charge in [0.15, 0.2) is 0 Å². The molecule has 5 fully saturated rings. The van der Waals surface area contributed by atoms with Crippen molar-refractivity contribution in [3.05, 3.63) is 35.4 Å². The Kier molecular flexibility index (Phi) is 2.73. The van der Waals surface area contributed by atoms with Crippen LogP contribution in [0.5, 0.6) is 0 Å². The molecule has 1 saturated heterocycles. The Balaban J connectivity index is 1.29. The summed E-state index contributed by atoms with van der Waals surface area (Å²) in [5.41, 5.74) is 2.81. The standard InChI is InChI=1S/C21H26N2O/c24-21-22-11-16-4-2-1-3-15(16)10-19(22)12-23(21)20-17-6-13-5-14(8-17)9-18(20)7-13/h1-4,13-14,17-20H,5-12H2/t13?,14?,17?,18?,19-,20?/m0/s1. The highest BCUT2D eigenvalue weighted by Gasteiger charge is 2.54. The second-order valence-corrected chi connectivity index (χ2v) is 9.11. The van der Waals surface area contributed by atoms with E-state index in [1.165, 1.54) is 43.2 Å². The molecular formula is C21H26N2O. The van der Waals surface area contributed by atoms with Crippen LogP contribution in [0.15, 0.2) is 24.3 Å². The number of amides is 2. The first-order valence-corrected chi connectivity index (χ1v) is 9.90. The topological polar surface area (TPSA) is 23.6 Å². The van der Waals surface area contributed by atoms with Crippen LogP contribution < -0.4 is 0 Å². The molecule has 24 heavy (non-hydrogen) atoms. The maximum absolute atomic E-state index is 13.2. The summed E-state index contributed by atoms with van der Waals surface area (Å²) in [7, 11) is 0. The number of hydrogen-bond acceptors (Lipinski definition) is 1. The summed E-state index contributed by atoms with van der Waals surface area (Å²) in [6.07, 6.45) is 8.11. The average Bonchev–Trinajstić information content (AvgIpc) is 2.88. The van der Waals surface area contributed by atoms with Gasteiger partial charge in [-0.1, -0.05) is 24.3 Å². The lowest BCUT2D eigenvalue weighted by Crippen LogP contribution is -2.56. The third kappa shape index (κ3) is 1.81. The second-order valence-electron chi connectivity index (χ2n) is 9.11. The van der Waals surface area contributed by atoms with Gasteiger partial charge in [0.25, 0.3) is 0 Å². The van der Waals surface area contributed by atoms with E-state index in [1.54, 1.807) is 0 Å². The zero-order valence-electron chi connectivity index (χ0n) is 14.2. The zero-order valence-corrected chi connectivity index (χ0v) is 14.2. The lowest BCUT2D eigenvalue weighted by atomic mass is 9.54. The number of urea groups is 1. The fourth-order valence-corrected chi connectivity index (χ4v) is 7.10. The first-order valence-electron chi connectivity index (χ1n) is 9.90.